The number of fused-ring (bicyclic) bond motifs is 15. The zero-order valence-electron chi connectivity index (χ0n) is 68.3. The Bertz CT molecular complexity index is 5960. The summed E-state index contributed by atoms with van der Waals surface area (Å²) in [7, 11) is 0. The van der Waals surface area contributed by atoms with Crippen LogP contribution in [0.3, 0.4) is 0 Å². The molecule has 0 unspecified atom stereocenters. The Hall–Kier alpha value is -7.96. The molecular weight excluding hydrogens is 876 g/mol. The van der Waals surface area contributed by atoms with E-state index >= 15 is 0 Å². The summed E-state index contributed by atoms with van der Waals surface area (Å²) >= 11 is 0. The van der Waals surface area contributed by atoms with Crippen LogP contribution in [0.15, 0.2) is 174 Å². The van der Waals surface area contributed by atoms with Gasteiger partial charge in [-0.3, -0.25) is 0 Å². The van der Waals surface area contributed by atoms with Crippen molar-refractivity contribution in [3.05, 3.63) is 186 Å². The minimum absolute atomic E-state index is 0.0289. The van der Waals surface area contributed by atoms with E-state index in [1.54, 1.807) is 62.3 Å². The molecule has 72 heavy (non-hydrogen) atoms. The van der Waals surface area contributed by atoms with Crippen LogP contribution in [0.25, 0.3) is 76.9 Å². The van der Waals surface area contributed by atoms with E-state index in [9.17, 15) is 31.5 Å². The van der Waals surface area contributed by atoms with Gasteiger partial charge in [-0.2, -0.15) is 0 Å². The molecule has 3 aromatic heterocycles. The normalized spacial score (nSPS) is 19.5. The number of para-hydroxylation sites is 5. The van der Waals surface area contributed by atoms with E-state index in [2.05, 4.69) is 0 Å². The average molecular weight is 959 g/mol. The van der Waals surface area contributed by atoms with Crippen molar-refractivity contribution in [1.82, 2.24) is 9.13 Å². The second-order valence-electron chi connectivity index (χ2n) is 21.6. The van der Waals surface area contributed by atoms with E-state index in [0.717, 1.165) is 14.0 Å². The molecule has 0 bridgehead atoms. The van der Waals surface area contributed by atoms with Gasteiger partial charge in [-0.25, -0.2) is 0 Å². The molecule has 0 fully saturated rings. The first-order valence-corrected chi connectivity index (χ1v) is 23.5. The van der Waals surface area contributed by atoms with Crippen LogP contribution in [0.5, 0.6) is 0 Å². The Balaban J connectivity index is 1.26. The van der Waals surface area contributed by atoms with E-state index < -0.39 is 258 Å². The third-order valence-electron chi connectivity index (χ3n) is 14.0. The molecule has 3 aliphatic heterocycles. The Labute approximate surface area is 459 Å². The number of benzene rings is 9. The quantitative estimate of drug-likeness (QED) is 0.162. The highest BCUT2D eigenvalue weighted by atomic mass is 16.3. The van der Waals surface area contributed by atoms with Gasteiger partial charge in [0.15, 0.2) is 5.58 Å². The van der Waals surface area contributed by atoms with Gasteiger partial charge in [0.1, 0.15) is 5.58 Å². The summed E-state index contributed by atoms with van der Waals surface area (Å²) in [6.45, 7) is 13.1. The summed E-state index contributed by atoms with van der Waals surface area (Å²) in [5.41, 5.74) is -11.9. The highest BCUT2D eigenvalue weighted by Crippen LogP contribution is 2.54. The SMILES string of the molecule is [2H]c1c([2H])c2c3c(c1[2H])-n1c4c([2H])c([2H])c([2H])c([2H])c4c4c([2H])c([2H])c([2H])c(c41)N3c1c([2H])c(C(C)(C)C)c([2H])c3c1B2c1c([2H])c([2H])c(-n2c4c([2H])c([2H])c(C(C)(C)C)c([2H])c4c4c([2H])c(C(C)(C)C)c([2H])c([2H])c42)c([2H])c1N3c1c([2H])c([2H])c([2H])c2c1oc1c([2H])c([2H])c([2H])c([2H])c12. The van der Waals surface area contributed by atoms with E-state index in [0.29, 0.717) is 0 Å². The third-order valence-corrected chi connectivity index (χ3v) is 14.0. The summed E-state index contributed by atoms with van der Waals surface area (Å²) in [6.07, 6.45) is 0. The third kappa shape index (κ3) is 5.50. The van der Waals surface area contributed by atoms with Crippen LogP contribution in [0.4, 0.5) is 34.1 Å². The monoisotopic (exact) mass is 959 g/mol. The Morgan fingerprint density at radius 1 is 0.403 bits per heavy atom. The lowest BCUT2D eigenvalue weighted by Crippen LogP contribution is -2.62. The molecule has 5 nitrogen and oxygen atoms in total. The maximum Gasteiger partial charge on any atom is 0.252 e. The summed E-state index contributed by atoms with van der Waals surface area (Å²) in [5.74, 6) is 0. The summed E-state index contributed by atoms with van der Waals surface area (Å²) < 4.78 is 284. The molecule has 6 heteroatoms. The zero-order valence-corrected chi connectivity index (χ0v) is 40.3. The van der Waals surface area contributed by atoms with Gasteiger partial charge in [-0.05, 0) is 128 Å². The molecule has 12 aromatic rings. The van der Waals surface area contributed by atoms with Crippen molar-refractivity contribution in [1.29, 1.82) is 0 Å². The number of aromatic nitrogens is 2. The Morgan fingerprint density at radius 2 is 0.986 bits per heavy atom. The van der Waals surface area contributed by atoms with Gasteiger partial charge in [-0.1, -0.05) is 153 Å². The minimum atomic E-state index is -1.97. The van der Waals surface area contributed by atoms with Crippen molar-refractivity contribution < 1.29 is 42.8 Å². The van der Waals surface area contributed by atoms with Crippen LogP contribution >= 0.6 is 0 Å². The average Bonchev–Trinajstić information content (AvgIpc) is 1.12. The van der Waals surface area contributed by atoms with Gasteiger partial charge in [0.2, 0.25) is 0 Å². The molecule has 0 saturated carbocycles. The lowest BCUT2D eigenvalue weighted by molar-refractivity contribution is 0.590. The summed E-state index contributed by atoms with van der Waals surface area (Å²) in [5, 5.41) is -2.01. The predicted molar refractivity (Wildman–Crippen MR) is 306 cm³/mol. The fourth-order valence-corrected chi connectivity index (χ4v) is 10.5. The fourth-order valence-electron chi connectivity index (χ4n) is 10.5. The molecule has 6 heterocycles. The van der Waals surface area contributed by atoms with Gasteiger partial charge in [0.05, 0.1) is 83.2 Å². The summed E-state index contributed by atoms with van der Waals surface area (Å²) in [6, 6.07) is -20.6. The zero-order chi connectivity index (χ0) is 73.3. The highest BCUT2D eigenvalue weighted by Gasteiger charge is 2.47. The lowest BCUT2D eigenvalue weighted by atomic mass is 9.33. The van der Waals surface area contributed by atoms with Crippen molar-refractivity contribution in [2.24, 2.45) is 0 Å². The predicted octanol–water partition coefficient (Wildman–Crippen LogP) is 16.1. The van der Waals surface area contributed by atoms with Crippen molar-refractivity contribution in [3.63, 3.8) is 0 Å². The maximum atomic E-state index is 11.2. The highest BCUT2D eigenvalue weighted by molar-refractivity contribution is 7.00. The van der Waals surface area contributed by atoms with E-state index in [1.807, 2.05) is 0 Å². The number of furan rings is 1. The lowest BCUT2D eigenvalue weighted by Gasteiger charge is -2.46. The fraction of sp³-hybridized carbons (Fsp3) is 0.182. The molecule has 0 amide bonds. The molecule has 3 aliphatic rings. The molecule has 9 aromatic carbocycles. The van der Waals surface area contributed by atoms with Gasteiger partial charge < -0.3 is 23.4 Å². The summed E-state index contributed by atoms with van der Waals surface area (Å²) in [4.78, 5) is 2.23. The topological polar surface area (TPSA) is 29.5 Å². The standard InChI is InChI=1S/C66H55BN4O/c1-64(2,3)38-27-31-51-46(33-38)47-34-39(65(4,5)6)28-32-52(47)68(51)41-29-30-48-56(37-41)69(55-25-15-20-45-43-18-11-13-26-59(43)72-63(45)55)57-35-40(66(7,8)9)36-58-60(57)67(48)49-21-16-24-54-62(49)71(58)53-23-14-19-44-42-17-10-12-22-50(42)70(54)61(44)53/h10-37H,1-9H3/i10D,11D,12D,13D,14D,15D,16D,17D,18D,19D,20D,21D,22D,23D,24D,25D,26D,27D,28D,29D,30D,31D,32D,33D,34D,35D,36D,37D. The van der Waals surface area contributed by atoms with Crippen LogP contribution in [-0.2, 0) is 16.2 Å². The van der Waals surface area contributed by atoms with Crippen LogP contribution in [0, 0.1) is 0 Å². The van der Waals surface area contributed by atoms with E-state index in [4.69, 9.17) is 11.3 Å². The van der Waals surface area contributed by atoms with Crippen molar-refractivity contribution in [3.8, 4) is 11.4 Å². The van der Waals surface area contributed by atoms with Crippen molar-refractivity contribution in [2.75, 3.05) is 9.80 Å². The molecule has 0 radical (unpaired) electrons. The van der Waals surface area contributed by atoms with Crippen LogP contribution in [0.2, 0.25) is 0 Å². The molecule has 0 aliphatic carbocycles. The van der Waals surface area contributed by atoms with Crippen LogP contribution in [0.1, 0.15) is 117 Å². The van der Waals surface area contributed by atoms with Crippen LogP contribution in [-0.4, -0.2) is 15.8 Å². The molecule has 348 valence electrons. The Morgan fingerprint density at radius 3 is 1.69 bits per heavy atom. The van der Waals surface area contributed by atoms with Gasteiger partial charge in [-0.15, -0.1) is 0 Å². The number of hydrogen-bond donors (Lipinski definition) is 0. The first kappa shape index (κ1) is 22.6. The van der Waals surface area contributed by atoms with Gasteiger partial charge in [0, 0.05) is 55.1 Å². The number of hydrogen-bond acceptors (Lipinski definition) is 3. The van der Waals surface area contributed by atoms with E-state index in [1.165, 1.54) is 4.90 Å². The smallest absolute Gasteiger partial charge is 0.252 e. The molecule has 0 saturated heterocycles. The van der Waals surface area contributed by atoms with Gasteiger partial charge >= 0.3 is 0 Å². The minimum Gasteiger partial charge on any atom is -0.454 e. The number of anilines is 6. The number of nitrogens with zero attached hydrogens (tertiary/aromatic N) is 4. The number of rotatable bonds is 2. The second kappa shape index (κ2) is 13.9. The second-order valence-corrected chi connectivity index (χ2v) is 21.6. The van der Waals surface area contributed by atoms with Gasteiger partial charge in [0.25, 0.3) is 6.71 Å². The largest absolute Gasteiger partial charge is 0.454 e. The van der Waals surface area contributed by atoms with Crippen molar-refractivity contribution in [2.45, 2.75) is 78.6 Å². The first-order chi connectivity index (χ1) is 46.3. The maximum absolute atomic E-state index is 11.2. The molecular formula is C66H55BN4O. The van der Waals surface area contributed by atoms with Crippen LogP contribution < -0.4 is 26.2 Å². The molecule has 0 N–H and O–H groups in total. The Kier molecular flexibility index (Phi) is 4.38. The molecule has 0 atom stereocenters. The van der Waals surface area contributed by atoms with E-state index in [-0.39, 0.29) is 78.2 Å². The van der Waals surface area contributed by atoms with Crippen molar-refractivity contribution >= 4 is 123 Å². The first-order valence-electron chi connectivity index (χ1n) is 37.5. The molecule has 0 spiro atoms. The molecule has 15 rings (SSSR count).